The van der Waals surface area contributed by atoms with Gasteiger partial charge in [-0.1, -0.05) is 19.1 Å². The average molecular weight is 359 g/mol. The molecule has 108 valence electrons. The number of hydrogen-bond acceptors (Lipinski definition) is 2. The van der Waals surface area contributed by atoms with Gasteiger partial charge >= 0.3 is 0 Å². The Morgan fingerprint density at radius 3 is 2.60 bits per heavy atom. The lowest BCUT2D eigenvalue weighted by Crippen LogP contribution is -2.46. The quantitative estimate of drug-likeness (QED) is 0.826. The first-order valence-electron chi connectivity index (χ1n) is 6.38. The van der Waals surface area contributed by atoms with E-state index in [4.69, 9.17) is 18.0 Å². The standard InChI is InChI=1S/C14H16BrFN2OS/c1-14(13(17)20)4-6-18(7-5-14)12(19)10-8-9(16)2-3-11(10)15/h2-3,8H,4-7H2,1H3,(H2,17,20). The molecule has 1 amide bonds. The third-order valence-electron chi connectivity index (χ3n) is 3.91. The number of halogens is 2. The van der Waals surface area contributed by atoms with Crippen molar-refractivity contribution < 1.29 is 9.18 Å². The predicted molar refractivity (Wildman–Crippen MR) is 84.1 cm³/mol. The molecule has 2 N–H and O–H groups in total. The molecule has 0 atom stereocenters. The summed E-state index contributed by atoms with van der Waals surface area (Å²) in [6, 6.07) is 4.13. The number of carbonyl (C=O) groups excluding carboxylic acids is 1. The first-order chi connectivity index (χ1) is 9.33. The van der Waals surface area contributed by atoms with Crippen LogP contribution >= 0.6 is 28.1 Å². The number of rotatable bonds is 2. The van der Waals surface area contributed by atoms with Gasteiger partial charge in [0.2, 0.25) is 0 Å². The molecular weight excluding hydrogens is 343 g/mol. The van der Waals surface area contributed by atoms with Gasteiger partial charge in [-0.2, -0.15) is 0 Å². The molecule has 1 aromatic carbocycles. The molecule has 0 bridgehead atoms. The van der Waals surface area contributed by atoms with E-state index in [1.165, 1.54) is 12.1 Å². The molecular formula is C14H16BrFN2OS. The number of nitrogens with two attached hydrogens (primary N) is 1. The van der Waals surface area contributed by atoms with E-state index in [-0.39, 0.29) is 11.3 Å². The van der Waals surface area contributed by atoms with E-state index in [1.807, 2.05) is 6.92 Å². The third-order valence-corrected chi connectivity index (χ3v) is 5.09. The summed E-state index contributed by atoms with van der Waals surface area (Å²) in [6.45, 7) is 3.18. The molecule has 0 spiro atoms. The second kappa shape index (κ2) is 5.77. The monoisotopic (exact) mass is 358 g/mol. The van der Waals surface area contributed by atoms with Gasteiger partial charge < -0.3 is 10.6 Å². The van der Waals surface area contributed by atoms with Crippen LogP contribution in [0.2, 0.25) is 0 Å². The van der Waals surface area contributed by atoms with Crippen LogP contribution < -0.4 is 5.73 Å². The third kappa shape index (κ3) is 3.01. The van der Waals surface area contributed by atoms with Gasteiger partial charge in [-0.05, 0) is 47.0 Å². The van der Waals surface area contributed by atoms with E-state index in [2.05, 4.69) is 15.9 Å². The predicted octanol–water partition coefficient (Wildman–Crippen LogP) is 3.12. The summed E-state index contributed by atoms with van der Waals surface area (Å²) in [6.07, 6.45) is 1.47. The zero-order valence-corrected chi connectivity index (χ0v) is 13.6. The fourth-order valence-corrected chi connectivity index (χ4v) is 2.90. The van der Waals surface area contributed by atoms with Crippen molar-refractivity contribution in [1.29, 1.82) is 0 Å². The van der Waals surface area contributed by atoms with Crippen molar-refractivity contribution in [2.45, 2.75) is 19.8 Å². The van der Waals surface area contributed by atoms with Gasteiger partial charge in [-0.3, -0.25) is 4.79 Å². The number of carbonyl (C=O) groups is 1. The second-order valence-electron chi connectivity index (χ2n) is 5.34. The van der Waals surface area contributed by atoms with Gasteiger partial charge in [0.25, 0.3) is 5.91 Å². The molecule has 1 fully saturated rings. The Bertz CT molecular complexity index is 556. The fraction of sp³-hybridized carbons (Fsp3) is 0.429. The summed E-state index contributed by atoms with van der Waals surface area (Å²) < 4.78 is 13.9. The Kier molecular flexibility index (Phi) is 4.44. The highest BCUT2D eigenvalue weighted by molar-refractivity contribution is 9.10. The zero-order chi connectivity index (χ0) is 14.9. The maximum atomic E-state index is 13.3. The van der Waals surface area contributed by atoms with E-state index >= 15 is 0 Å². The minimum Gasteiger partial charge on any atom is -0.393 e. The van der Waals surface area contributed by atoms with Gasteiger partial charge in [0.05, 0.1) is 10.6 Å². The number of piperidine rings is 1. The van der Waals surface area contributed by atoms with Crippen molar-refractivity contribution in [1.82, 2.24) is 4.90 Å². The molecule has 0 saturated carbocycles. The Morgan fingerprint density at radius 2 is 2.05 bits per heavy atom. The van der Waals surface area contributed by atoms with Crippen LogP contribution in [0.1, 0.15) is 30.1 Å². The topological polar surface area (TPSA) is 46.3 Å². The van der Waals surface area contributed by atoms with E-state index in [9.17, 15) is 9.18 Å². The van der Waals surface area contributed by atoms with Crippen LogP contribution in [0.4, 0.5) is 4.39 Å². The van der Waals surface area contributed by atoms with Crippen LogP contribution in [0.5, 0.6) is 0 Å². The van der Waals surface area contributed by atoms with Gasteiger partial charge in [0.15, 0.2) is 0 Å². The summed E-state index contributed by atoms with van der Waals surface area (Å²) in [7, 11) is 0. The van der Waals surface area contributed by atoms with Crippen LogP contribution in [0.15, 0.2) is 22.7 Å². The molecule has 1 aliphatic heterocycles. The molecule has 1 heterocycles. The first-order valence-corrected chi connectivity index (χ1v) is 7.58. The Morgan fingerprint density at radius 1 is 1.45 bits per heavy atom. The summed E-state index contributed by atoms with van der Waals surface area (Å²) in [5, 5.41) is 0. The van der Waals surface area contributed by atoms with Crippen molar-refractivity contribution in [2.75, 3.05) is 13.1 Å². The highest BCUT2D eigenvalue weighted by Gasteiger charge is 2.34. The van der Waals surface area contributed by atoms with E-state index in [0.29, 0.717) is 28.1 Å². The van der Waals surface area contributed by atoms with Crippen LogP contribution in [0.3, 0.4) is 0 Å². The smallest absolute Gasteiger partial charge is 0.255 e. The molecule has 1 saturated heterocycles. The maximum Gasteiger partial charge on any atom is 0.255 e. The van der Waals surface area contributed by atoms with Crippen molar-refractivity contribution in [3.05, 3.63) is 34.1 Å². The Hall–Kier alpha value is -1.01. The Labute approximate surface area is 131 Å². The largest absolute Gasteiger partial charge is 0.393 e. The molecule has 0 radical (unpaired) electrons. The minimum atomic E-state index is -0.415. The zero-order valence-electron chi connectivity index (χ0n) is 11.2. The molecule has 1 aliphatic rings. The van der Waals surface area contributed by atoms with Crippen molar-refractivity contribution in [3.63, 3.8) is 0 Å². The van der Waals surface area contributed by atoms with Crippen LogP contribution in [-0.4, -0.2) is 28.9 Å². The second-order valence-corrected chi connectivity index (χ2v) is 6.64. The normalized spacial score (nSPS) is 17.9. The Balaban J connectivity index is 2.13. The molecule has 0 aliphatic carbocycles. The number of amides is 1. The van der Waals surface area contributed by atoms with E-state index in [0.717, 1.165) is 12.8 Å². The number of likely N-dealkylation sites (tertiary alicyclic amines) is 1. The summed E-state index contributed by atoms with van der Waals surface area (Å²) in [4.78, 5) is 14.6. The van der Waals surface area contributed by atoms with E-state index in [1.54, 1.807) is 11.0 Å². The lowest BCUT2D eigenvalue weighted by molar-refractivity contribution is 0.0669. The summed E-state index contributed by atoms with van der Waals surface area (Å²) in [5.74, 6) is -0.581. The molecule has 0 aromatic heterocycles. The molecule has 1 aromatic rings. The lowest BCUT2D eigenvalue weighted by Gasteiger charge is -2.38. The maximum absolute atomic E-state index is 13.3. The number of hydrogen-bond donors (Lipinski definition) is 1. The molecule has 20 heavy (non-hydrogen) atoms. The van der Waals surface area contributed by atoms with Crippen molar-refractivity contribution >= 4 is 39.0 Å². The van der Waals surface area contributed by atoms with Crippen molar-refractivity contribution in [3.8, 4) is 0 Å². The molecule has 3 nitrogen and oxygen atoms in total. The highest BCUT2D eigenvalue weighted by atomic mass is 79.9. The SMILES string of the molecule is CC1(C(N)=S)CCN(C(=O)c2cc(F)ccc2Br)CC1. The van der Waals surface area contributed by atoms with Crippen molar-refractivity contribution in [2.24, 2.45) is 11.1 Å². The lowest BCUT2D eigenvalue weighted by atomic mass is 9.80. The van der Waals surface area contributed by atoms with Gasteiger partial charge in [-0.25, -0.2) is 4.39 Å². The van der Waals surface area contributed by atoms with Gasteiger partial charge in [-0.15, -0.1) is 0 Å². The van der Waals surface area contributed by atoms with Gasteiger partial charge in [0, 0.05) is 23.0 Å². The highest BCUT2D eigenvalue weighted by Crippen LogP contribution is 2.32. The summed E-state index contributed by atoms with van der Waals surface area (Å²) in [5.41, 5.74) is 5.91. The fourth-order valence-electron chi connectivity index (χ4n) is 2.28. The molecule has 6 heteroatoms. The van der Waals surface area contributed by atoms with Crippen LogP contribution in [0, 0.1) is 11.2 Å². The first kappa shape index (κ1) is 15.4. The number of benzene rings is 1. The number of nitrogens with zero attached hydrogens (tertiary/aromatic N) is 1. The molecule has 0 unspecified atom stereocenters. The molecule has 2 rings (SSSR count). The number of thiocarbonyl (C=S) groups is 1. The van der Waals surface area contributed by atoms with Crippen LogP contribution in [0.25, 0.3) is 0 Å². The van der Waals surface area contributed by atoms with Crippen LogP contribution in [-0.2, 0) is 0 Å². The average Bonchev–Trinajstić information content (AvgIpc) is 2.41. The minimum absolute atomic E-state index is 0.165. The van der Waals surface area contributed by atoms with E-state index < -0.39 is 5.82 Å². The van der Waals surface area contributed by atoms with Gasteiger partial charge in [0.1, 0.15) is 5.82 Å². The summed E-state index contributed by atoms with van der Waals surface area (Å²) >= 11 is 8.37.